The average molecular weight is 273 g/mol. The normalized spacial score (nSPS) is 12.2. The molecular weight excluding hydrogens is 254 g/mol. The van der Waals surface area contributed by atoms with Crippen molar-refractivity contribution in [1.29, 1.82) is 0 Å². The molecule has 106 valence electrons. The summed E-state index contributed by atoms with van der Waals surface area (Å²) in [6, 6.07) is 9.19. The molecule has 0 saturated heterocycles. The molecule has 20 heavy (non-hydrogen) atoms. The zero-order valence-corrected chi connectivity index (χ0v) is 11.7. The Morgan fingerprint density at radius 1 is 1.40 bits per heavy atom. The SMILES string of the molecule is CCOC(=O)C(N)Cc1cnn(-c2ccccc2)c1C. The van der Waals surface area contributed by atoms with Crippen molar-refractivity contribution in [3.63, 3.8) is 0 Å². The van der Waals surface area contributed by atoms with Gasteiger partial charge in [-0.3, -0.25) is 4.79 Å². The van der Waals surface area contributed by atoms with Crippen LogP contribution < -0.4 is 5.73 Å². The lowest BCUT2D eigenvalue weighted by Crippen LogP contribution is -2.34. The molecule has 1 unspecified atom stereocenters. The Bertz CT molecular complexity index is 578. The summed E-state index contributed by atoms with van der Waals surface area (Å²) in [7, 11) is 0. The van der Waals surface area contributed by atoms with Crippen molar-refractivity contribution in [2.24, 2.45) is 5.73 Å². The number of carbonyl (C=O) groups is 1. The molecule has 1 aromatic carbocycles. The molecule has 0 spiro atoms. The van der Waals surface area contributed by atoms with Crippen molar-refractivity contribution >= 4 is 5.97 Å². The first-order valence-electron chi connectivity index (χ1n) is 6.64. The molecule has 0 aliphatic carbocycles. The standard InChI is InChI=1S/C15H19N3O2/c1-3-20-15(19)14(16)9-12-10-17-18(11(12)2)13-7-5-4-6-8-13/h4-8,10,14H,3,9,16H2,1-2H3. The van der Waals surface area contributed by atoms with Crippen LogP contribution in [-0.2, 0) is 16.0 Å². The van der Waals surface area contributed by atoms with E-state index in [2.05, 4.69) is 5.10 Å². The molecule has 2 rings (SSSR count). The molecule has 2 aromatic rings. The van der Waals surface area contributed by atoms with E-state index >= 15 is 0 Å². The van der Waals surface area contributed by atoms with Crippen LogP contribution in [0.3, 0.4) is 0 Å². The fourth-order valence-electron chi connectivity index (χ4n) is 2.04. The molecule has 0 fully saturated rings. The van der Waals surface area contributed by atoms with Crippen LogP contribution in [0.25, 0.3) is 5.69 Å². The van der Waals surface area contributed by atoms with Crippen LogP contribution in [-0.4, -0.2) is 28.4 Å². The summed E-state index contributed by atoms with van der Waals surface area (Å²) in [4.78, 5) is 11.6. The quantitative estimate of drug-likeness (QED) is 0.840. The van der Waals surface area contributed by atoms with Crippen molar-refractivity contribution in [1.82, 2.24) is 9.78 Å². The molecule has 1 heterocycles. The molecule has 0 aliphatic heterocycles. The Morgan fingerprint density at radius 3 is 2.75 bits per heavy atom. The smallest absolute Gasteiger partial charge is 0.323 e. The van der Waals surface area contributed by atoms with E-state index in [0.717, 1.165) is 16.9 Å². The van der Waals surface area contributed by atoms with Gasteiger partial charge in [0.2, 0.25) is 0 Å². The zero-order chi connectivity index (χ0) is 14.5. The van der Waals surface area contributed by atoms with Crippen molar-refractivity contribution in [3.05, 3.63) is 47.8 Å². The Hall–Kier alpha value is -2.14. The van der Waals surface area contributed by atoms with Crippen LogP contribution in [0.15, 0.2) is 36.5 Å². The van der Waals surface area contributed by atoms with Crippen LogP contribution in [0.1, 0.15) is 18.2 Å². The maximum Gasteiger partial charge on any atom is 0.323 e. The first kappa shape index (κ1) is 14.3. The molecule has 1 aromatic heterocycles. The van der Waals surface area contributed by atoms with Gasteiger partial charge in [-0.25, -0.2) is 4.68 Å². The van der Waals surface area contributed by atoms with Gasteiger partial charge in [-0.2, -0.15) is 5.10 Å². The van der Waals surface area contributed by atoms with E-state index in [1.54, 1.807) is 13.1 Å². The van der Waals surface area contributed by atoms with Crippen LogP contribution in [0, 0.1) is 6.92 Å². The Kier molecular flexibility index (Phi) is 4.53. The van der Waals surface area contributed by atoms with E-state index < -0.39 is 6.04 Å². The maximum atomic E-state index is 11.6. The third-order valence-corrected chi connectivity index (χ3v) is 3.14. The zero-order valence-electron chi connectivity index (χ0n) is 11.7. The van der Waals surface area contributed by atoms with Gasteiger partial charge in [0.25, 0.3) is 0 Å². The van der Waals surface area contributed by atoms with E-state index in [1.165, 1.54) is 0 Å². The number of esters is 1. The summed E-state index contributed by atoms with van der Waals surface area (Å²) in [5, 5.41) is 4.35. The van der Waals surface area contributed by atoms with Gasteiger partial charge in [0, 0.05) is 12.1 Å². The van der Waals surface area contributed by atoms with E-state index in [9.17, 15) is 4.79 Å². The second-order valence-corrected chi connectivity index (χ2v) is 4.57. The lowest BCUT2D eigenvalue weighted by Gasteiger charge is -2.10. The highest BCUT2D eigenvalue weighted by Crippen LogP contribution is 2.15. The average Bonchev–Trinajstić information content (AvgIpc) is 2.81. The number of nitrogens with two attached hydrogens (primary N) is 1. The van der Waals surface area contributed by atoms with Gasteiger partial charge in [0.05, 0.1) is 18.5 Å². The molecular formula is C15H19N3O2. The molecule has 2 N–H and O–H groups in total. The minimum absolute atomic E-state index is 0.342. The van der Waals surface area contributed by atoms with Gasteiger partial charge in [-0.05, 0) is 31.5 Å². The van der Waals surface area contributed by atoms with Crippen LogP contribution in [0.5, 0.6) is 0 Å². The number of hydrogen-bond donors (Lipinski definition) is 1. The number of hydrogen-bond acceptors (Lipinski definition) is 4. The van der Waals surface area contributed by atoms with E-state index in [1.807, 2.05) is 41.9 Å². The summed E-state index contributed by atoms with van der Waals surface area (Å²) >= 11 is 0. The Labute approximate surface area is 118 Å². The molecule has 5 nitrogen and oxygen atoms in total. The van der Waals surface area contributed by atoms with Crippen LogP contribution >= 0.6 is 0 Å². The van der Waals surface area contributed by atoms with E-state index in [-0.39, 0.29) is 5.97 Å². The molecule has 0 aliphatic rings. The molecule has 1 atom stereocenters. The number of carbonyl (C=O) groups excluding carboxylic acids is 1. The van der Waals surface area contributed by atoms with Gasteiger partial charge in [-0.15, -0.1) is 0 Å². The predicted molar refractivity (Wildman–Crippen MR) is 76.6 cm³/mol. The number of ether oxygens (including phenoxy) is 1. The van der Waals surface area contributed by atoms with Crippen LogP contribution in [0.2, 0.25) is 0 Å². The van der Waals surface area contributed by atoms with E-state index in [0.29, 0.717) is 13.0 Å². The molecule has 0 saturated carbocycles. The van der Waals surface area contributed by atoms with Gasteiger partial charge in [-0.1, -0.05) is 18.2 Å². The third kappa shape index (κ3) is 3.05. The van der Waals surface area contributed by atoms with Gasteiger partial charge in [0.15, 0.2) is 0 Å². The Balaban J connectivity index is 2.16. The molecule has 0 amide bonds. The van der Waals surface area contributed by atoms with Crippen LogP contribution in [0.4, 0.5) is 0 Å². The topological polar surface area (TPSA) is 70.1 Å². The highest BCUT2D eigenvalue weighted by molar-refractivity contribution is 5.75. The lowest BCUT2D eigenvalue weighted by molar-refractivity contribution is -0.144. The summed E-state index contributed by atoms with van der Waals surface area (Å²) in [5.74, 6) is -0.376. The van der Waals surface area contributed by atoms with Gasteiger partial charge in [0.1, 0.15) is 6.04 Å². The second kappa shape index (κ2) is 6.34. The highest BCUT2D eigenvalue weighted by Gasteiger charge is 2.18. The van der Waals surface area contributed by atoms with Crippen molar-refractivity contribution in [2.45, 2.75) is 26.3 Å². The number of para-hydroxylation sites is 1. The monoisotopic (exact) mass is 273 g/mol. The predicted octanol–water partition coefficient (Wildman–Crippen LogP) is 1.61. The first-order chi connectivity index (χ1) is 9.63. The number of benzene rings is 1. The largest absolute Gasteiger partial charge is 0.465 e. The van der Waals surface area contributed by atoms with Gasteiger partial charge >= 0.3 is 5.97 Å². The summed E-state index contributed by atoms with van der Waals surface area (Å²) in [6.45, 7) is 4.07. The summed E-state index contributed by atoms with van der Waals surface area (Å²) in [5.41, 5.74) is 8.76. The van der Waals surface area contributed by atoms with Crippen molar-refractivity contribution in [2.75, 3.05) is 6.61 Å². The minimum Gasteiger partial charge on any atom is -0.465 e. The number of rotatable bonds is 5. The second-order valence-electron chi connectivity index (χ2n) is 4.57. The molecule has 0 bridgehead atoms. The fourth-order valence-corrected chi connectivity index (χ4v) is 2.04. The molecule has 5 heteroatoms. The molecule has 0 radical (unpaired) electrons. The highest BCUT2D eigenvalue weighted by atomic mass is 16.5. The summed E-state index contributed by atoms with van der Waals surface area (Å²) in [6.07, 6.45) is 2.18. The van der Waals surface area contributed by atoms with E-state index in [4.69, 9.17) is 10.5 Å². The fraction of sp³-hybridized carbons (Fsp3) is 0.333. The van der Waals surface area contributed by atoms with Crippen molar-refractivity contribution in [3.8, 4) is 5.69 Å². The number of aromatic nitrogens is 2. The van der Waals surface area contributed by atoms with Crippen molar-refractivity contribution < 1.29 is 9.53 Å². The summed E-state index contributed by atoms with van der Waals surface area (Å²) < 4.78 is 6.76. The third-order valence-electron chi connectivity index (χ3n) is 3.14. The number of nitrogens with zero attached hydrogens (tertiary/aromatic N) is 2. The minimum atomic E-state index is -0.651. The first-order valence-corrected chi connectivity index (χ1v) is 6.64. The maximum absolute atomic E-state index is 11.6. The lowest BCUT2D eigenvalue weighted by atomic mass is 10.1. The van der Waals surface area contributed by atoms with Gasteiger partial charge < -0.3 is 10.5 Å². The Morgan fingerprint density at radius 2 is 2.10 bits per heavy atom.